The number of urea groups is 1. The van der Waals surface area contributed by atoms with Crippen molar-refractivity contribution in [3.63, 3.8) is 0 Å². The Kier molecular flexibility index (Phi) is 6.13. The highest BCUT2D eigenvalue weighted by Gasteiger charge is 2.35. The van der Waals surface area contributed by atoms with Gasteiger partial charge in [-0.05, 0) is 24.6 Å². The SMILES string of the molecule is CC1=C(C(=O)OCc2ccccc2)C(c2cn(-c3ccccc3)nc2-c2ccccc2)NC(=O)N1. The fourth-order valence-corrected chi connectivity index (χ4v) is 4.13. The van der Waals surface area contributed by atoms with Gasteiger partial charge in [0.1, 0.15) is 6.61 Å². The van der Waals surface area contributed by atoms with Crippen molar-refractivity contribution < 1.29 is 14.3 Å². The number of rotatable bonds is 6. The average Bonchev–Trinajstić information content (AvgIpc) is 3.34. The first-order valence-corrected chi connectivity index (χ1v) is 11.3. The van der Waals surface area contributed by atoms with Gasteiger partial charge in [0.05, 0.1) is 23.0 Å². The van der Waals surface area contributed by atoms with Crippen molar-refractivity contribution in [3.8, 4) is 16.9 Å². The number of carbonyl (C=O) groups is 2. The van der Waals surface area contributed by atoms with E-state index in [2.05, 4.69) is 10.6 Å². The maximum absolute atomic E-state index is 13.3. The average molecular weight is 465 g/mol. The fraction of sp³-hybridized carbons (Fsp3) is 0.107. The number of benzene rings is 3. The molecule has 0 fully saturated rings. The van der Waals surface area contributed by atoms with E-state index in [1.807, 2.05) is 97.2 Å². The lowest BCUT2D eigenvalue weighted by Crippen LogP contribution is -2.45. The van der Waals surface area contributed by atoms with Crippen LogP contribution in [0.4, 0.5) is 4.79 Å². The molecule has 7 heteroatoms. The third kappa shape index (κ3) is 4.70. The molecule has 3 aromatic carbocycles. The van der Waals surface area contributed by atoms with Crippen molar-refractivity contribution in [2.45, 2.75) is 19.6 Å². The standard InChI is InChI=1S/C28H24N4O3/c1-19-24(27(33)35-18-20-11-5-2-6-12-20)26(30-28(34)29-19)23-17-32(22-15-9-4-10-16-22)31-25(23)21-13-7-3-8-14-21/h2-17,26H,18H2,1H3,(H2,29,30,34). The monoisotopic (exact) mass is 464 g/mol. The van der Waals surface area contributed by atoms with Crippen LogP contribution in [-0.4, -0.2) is 21.8 Å². The Bertz CT molecular complexity index is 1380. The van der Waals surface area contributed by atoms with E-state index in [1.54, 1.807) is 11.6 Å². The third-order valence-electron chi connectivity index (χ3n) is 5.82. The second-order valence-corrected chi connectivity index (χ2v) is 8.21. The summed E-state index contributed by atoms with van der Waals surface area (Å²) in [7, 11) is 0. The summed E-state index contributed by atoms with van der Waals surface area (Å²) >= 11 is 0. The molecule has 2 heterocycles. The van der Waals surface area contributed by atoms with Crippen molar-refractivity contribution in [1.29, 1.82) is 0 Å². The molecular weight excluding hydrogens is 440 g/mol. The number of hydrogen-bond donors (Lipinski definition) is 2. The molecule has 35 heavy (non-hydrogen) atoms. The van der Waals surface area contributed by atoms with Crippen molar-refractivity contribution in [3.05, 3.63) is 120 Å². The number of ether oxygens (including phenoxy) is 1. The molecule has 1 unspecified atom stereocenters. The molecule has 1 aliphatic heterocycles. The van der Waals surface area contributed by atoms with Crippen molar-refractivity contribution in [2.75, 3.05) is 0 Å². The second kappa shape index (κ2) is 9.69. The minimum atomic E-state index is -0.736. The first kappa shape index (κ1) is 22.2. The summed E-state index contributed by atoms with van der Waals surface area (Å²) in [5, 5.41) is 10.4. The molecule has 4 aromatic rings. The highest BCUT2D eigenvalue weighted by atomic mass is 16.5. The summed E-state index contributed by atoms with van der Waals surface area (Å²) < 4.78 is 7.40. The minimum absolute atomic E-state index is 0.131. The van der Waals surface area contributed by atoms with Gasteiger partial charge < -0.3 is 15.4 Å². The maximum Gasteiger partial charge on any atom is 0.338 e. The van der Waals surface area contributed by atoms with Crippen LogP contribution in [0.15, 0.2) is 108 Å². The zero-order valence-electron chi connectivity index (χ0n) is 19.1. The van der Waals surface area contributed by atoms with Crippen LogP contribution in [-0.2, 0) is 16.1 Å². The smallest absolute Gasteiger partial charge is 0.338 e. The molecule has 2 N–H and O–H groups in total. The first-order chi connectivity index (χ1) is 17.1. The number of nitrogens with zero attached hydrogens (tertiary/aromatic N) is 2. The van der Waals surface area contributed by atoms with E-state index in [1.165, 1.54) is 0 Å². The Morgan fingerprint density at radius 2 is 1.57 bits per heavy atom. The molecule has 174 valence electrons. The highest BCUT2D eigenvalue weighted by Crippen LogP contribution is 2.35. The van der Waals surface area contributed by atoms with Crippen LogP contribution >= 0.6 is 0 Å². The largest absolute Gasteiger partial charge is 0.457 e. The zero-order valence-corrected chi connectivity index (χ0v) is 19.1. The van der Waals surface area contributed by atoms with Crippen molar-refractivity contribution in [2.24, 2.45) is 0 Å². The number of allylic oxidation sites excluding steroid dienone is 1. The van der Waals surface area contributed by atoms with Crippen LogP contribution in [0.2, 0.25) is 0 Å². The van der Waals surface area contributed by atoms with Gasteiger partial charge in [0.2, 0.25) is 0 Å². The van der Waals surface area contributed by atoms with Crippen LogP contribution in [0.25, 0.3) is 16.9 Å². The predicted molar refractivity (Wildman–Crippen MR) is 132 cm³/mol. The Morgan fingerprint density at radius 3 is 2.26 bits per heavy atom. The maximum atomic E-state index is 13.3. The van der Waals surface area contributed by atoms with Gasteiger partial charge in [-0.1, -0.05) is 78.9 Å². The molecule has 1 aliphatic rings. The minimum Gasteiger partial charge on any atom is -0.457 e. The van der Waals surface area contributed by atoms with E-state index in [0.29, 0.717) is 22.5 Å². The lowest BCUT2D eigenvalue weighted by atomic mass is 9.94. The molecule has 5 rings (SSSR count). The van der Waals surface area contributed by atoms with Gasteiger partial charge in [0.15, 0.2) is 0 Å². The molecule has 0 aliphatic carbocycles. The molecule has 7 nitrogen and oxygen atoms in total. The molecule has 2 amide bonds. The number of esters is 1. The van der Waals surface area contributed by atoms with Gasteiger partial charge in [0.25, 0.3) is 0 Å². The van der Waals surface area contributed by atoms with E-state index in [4.69, 9.17) is 9.84 Å². The number of aromatic nitrogens is 2. The number of para-hydroxylation sites is 1. The molecule has 0 radical (unpaired) electrons. The third-order valence-corrected chi connectivity index (χ3v) is 5.82. The second-order valence-electron chi connectivity index (χ2n) is 8.21. The van der Waals surface area contributed by atoms with Crippen molar-refractivity contribution >= 4 is 12.0 Å². The van der Waals surface area contributed by atoms with Crippen LogP contribution in [0, 0.1) is 0 Å². The molecule has 1 atom stereocenters. The number of hydrogen-bond acceptors (Lipinski definition) is 4. The van der Waals surface area contributed by atoms with E-state index >= 15 is 0 Å². The predicted octanol–water partition coefficient (Wildman–Crippen LogP) is 4.91. The van der Waals surface area contributed by atoms with E-state index in [0.717, 1.165) is 16.8 Å². The Hall–Kier alpha value is -4.65. The quantitative estimate of drug-likeness (QED) is 0.397. The number of nitrogens with one attached hydrogen (secondary N) is 2. The van der Waals surface area contributed by atoms with Gasteiger partial charge in [-0.3, -0.25) is 0 Å². The number of amides is 2. The fourth-order valence-electron chi connectivity index (χ4n) is 4.13. The van der Waals surface area contributed by atoms with Gasteiger partial charge in [-0.15, -0.1) is 0 Å². The van der Waals surface area contributed by atoms with Crippen LogP contribution in [0.1, 0.15) is 24.1 Å². The van der Waals surface area contributed by atoms with Crippen LogP contribution in [0.5, 0.6) is 0 Å². The summed E-state index contributed by atoms with van der Waals surface area (Å²) in [5.74, 6) is -0.504. The van der Waals surface area contributed by atoms with Crippen molar-refractivity contribution in [1.82, 2.24) is 20.4 Å². The van der Waals surface area contributed by atoms with E-state index in [9.17, 15) is 9.59 Å². The normalized spacial score (nSPS) is 15.3. The first-order valence-electron chi connectivity index (χ1n) is 11.3. The van der Waals surface area contributed by atoms with Gasteiger partial charge in [0, 0.05) is 23.0 Å². The summed E-state index contributed by atoms with van der Waals surface area (Å²) in [6.45, 7) is 1.83. The highest BCUT2D eigenvalue weighted by molar-refractivity contribution is 5.95. The molecule has 0 saturated carbocycles. The van der Waals surface area contributed by atoms with Gasteiger partial charge in [-0.2, -0.15) is 5.10 Å². The zero-order chi connectivity index (χ0) is 24.2. The Balaban J connectivity index is 1.56. The Morgan fingerprint density at radius 1 is 0.943 bits per heavy atom. The summed E-state index contributed by atoms with van der Waals surface area (Å²) in [4.78, 5) is 25.8. The summed E-state index contributed by atoms with van der Waals surface area (Å²) in [5.41, 5.74) is 4.77. The lowest BCUT2D eigenvalue weighted by Gasteiger charge is -2.28. The lowest BCUT2D eigenvalue weighted by molar-refractivity contribution is -0.140. The van der Waals surface area contributed by atoms with Crippen LogP contribution in [0.3, 0.4) is 0 Å². The van der Waals surface area contributed by atoms with E-state index < -0.39 is 18.0 Å². The molecule has 0 saturated heterocycles. The number of carbonyl (C=O) groups excluding carboxylic acids is 2. The topological polar surface area (TPSA) is 85.2 Å². The van der Waals surface area contributed by atoms with Crippen LogP contribution < -0.4 is 10.6 Å². The molecule has 1 aromatic heterocycles. The van der Waals surface area contributed by atoms with Gasteiger partial charge >= 0.3 is 12.0 Å². The molecule has 0 spiro atoms. The molecular formula is C28H24N4O3. The molecule has 0 bridgehead atoms. The summed E-state index contributed by atoms with van der Waals surface area (Å²) in [6.07, 6.45) is 1.85. The van der Waals surface area contributed by atoms with Gasteiger partial charge in [-0.25, -0.2) is 14.3 Å². The van der Waals surface area contributed by atoms with E-state index in [-0.39, 0.29) is 6.61 Å². The summed E-state index contributed by atoms with van der Waals surface area (Å²) in [6, 6.07) is 27.7. The Labute approximate surface area is 203 Å².